The smallest absolute Gasteiger partial charge is 0.317 e. The monoisotopic (exact) mass is 341 g/mol. The molecule has 8 heteroatoms. The van der Waals surface area contributed by atoms with Gasteiger partial charge in [0.05, 0.1) is 24.5 Å². The minimum atomic E-state index is -0.974. The van der Waals surface area contributed by atoms with E-state index < -0.39 is 5.97 Å². The van der Waals surface area contributed by atoms with Crippen LogP contribution in [0.25, 0.3) is 0 Å². The number of halogens is 1. The van der Waals surface area contributed by atoms with Crippen LogP contribution in [0.1, 0.15) is 13.3 Å². The van der Waals surface area contributed by atoms with Gasteiger partial charge in [0.25, 0.3) is 0 Å². The van der Waals surface area contributed by atoms with Crippen LogP contribution >= 0.6 is 12.4 Å². The summed E-state index contributed by atoms with van der Waals surface area (Å²) in [4.78, 5) is 38.0. The number of hydrogen-bond donors (Lipinski definition) is 2. The summed E-state index contributed by atoms with van der Waals surface area (Å²) in [6.07, 6.45) is 0.748. The van der Waals surface area contributed by atoms with Gasteiger partial charge >= 0.3 is 5.97 Å². The molecule has 23 heavy (non-hydrogen) atoms. The largest absolute Gasteiger partial charge is 0.480 e. The number of carbonyl (C=O) groups is 3. The third-order valence-electron chi connectivity index (χ3n) is 3.33. The maximum atomic E-state index is 12.5. The number of aliphatic carboxylic acids is 1. The molecule has 0 aromatic heterocycles. The number of carboxylic acid groups (broad SMARTS) is 1. The summed E-state index contributed by atoms with van der Waals surface area (Å²) >= 11 is 0. The average Bonchev–Trinajstić information content (AvgIpc) is 2.45. The number of carboxylic acids is 1. The lowest BCUT2D eigenvalue weighted by atomic mass is 10.2. The van der Waals surface area contributed by atoms with Gasteiger partial charge in [-0.15, -0.1) is 12.4 Å². The molecule has 0 unspecified atom stereocenters. The van der Waals surface area contributed by atoms with Crippen molar-refractivity contribution in [3.63, 3.8) is 0 Å². The van der Waals surface area contributed by atoms with Gasteiger partial charge in [-0.1, -0.05) is 19.1 Å². The van der Waals surface area contributed by atoms with Crippen LogP contribution in [0.4, 0.5) is 11.4 Å². The molecule has 7 nitrogen and oxygen atoms in total. The number of hydrogen-bond acceptors (Lipinski definition) is 4. The molecule has 0 spiro atoms. The Morgan fingerprint density at radius 2 is 2.00 bits per heavy atom. The van der Waals surface area contributed by atoms with E-state index in [1.165, 1.54) is 4.90 Å². The van der Waals surface area contributed by atoms with E-state index in [1.54, 1.807) is 29.2 Å². The fourth-order valence-corrected chi connectivity index (χ4v) is 2.45. The van der Waals surface area contributed by atoms with E-state index in [9.17, 15) is 14.4 Å². The molecule has 0 saturated carbocycles. The standard InChI is InChI=1S/C15H19N3O4.ClH/c1-2-7-17(10-15(21)22)9-14(20)18-8-13(19)16-11-5-3-4-6-12(11)18;/h3-6H,2,7-10H2,1H3,(H,16,19)(H,21,22);1H. The highest BCUT2D eigenvalue weighted by molar-refractivity contribution is 6.10. The van der Waals surface area contributed by atoms with E-state index in [2.05, 4.69) is 5.32 Å². The summed E-state index contributed by atoms with van der Waals surface area (Å²) < 4.78 is 0. The Labute approximate surface area is 140 Å². The Morgan fingerprint density at radius 1 is 1.30 bits per heavy atom. The van der Waals surface area contributed by atoms with Crippen LogP contribution in [0.3, 0.4) is 0 Å². The predicted molar refractivity (Wildman–Crippen MR) is 89.0 cm³/mol. The van der Waals surface area contributed by atoms with Gasteiger partial charge in [0, 0.05) is 0 Å². The van der Waals surface area contributed by atoms with E-state index in [4.69, 9.17) is 5.11 Å². The molecule has 1 aliphatic rings. The summed E-state index contributed by atoms with van der Waals surface area (Å²) in [7, 11) is 0. The third kappa shape index (κ3) is 4.94. The second-order valence-electron chi connectivity index (χ2n) is 5.15. The molecular formula is C15H20ClN3O4. The molecule has 1 aromatic rings. The number of fused-ring (bicyclic) bond motifs is 1. The molecule has 0 aliphatic carbocycles. The molecule has 2 amide bonds. The highest BCUT2D eigenvalue weighted by atomic mass is 35.5. The fraction of sp³-hybridized carbons (Fsp3) is 0.400. The van der Waals surface area contributed by atoms with E-state index >= 15 is 0 Å². The topological polar surface area (TPSA) is 90.0 Å². The first-order valence-corrected chi connectivity index (χ1v) is 7.14. The Hall–Kier alpha value is -2.12. The van der Waals surface area contributed by atoms with Crippen molar-refractivity contribution < 1.29 is 19.5 Å². The number of amides is 2. The molecule has 0 radical (unpaired) electrons. The SMILES string of the molecule is CCCN(CC(=O)O)CC(=O)N1CC(=O)Nc2ccccc21.Cl. The molecule has 1 heterocycles. The van der Waals surface area contributed by atoms with Gasteiger partial charge in [0.2, 0.25) is 11.8 Å². The molecular weight excluding hydrogens is 322 g/mol. The maximum Gasteiger partial charge on any atom is 0.317 e. The van der Waals surface area contributed by atoms with Crippen LogP contribution in [0.2, 0.25) is 0 Å². The van der Waals surface area contributed by atoms with Gasteiger partial charge in [0.15, 0.2) is 0 Å². The van der Waals surface area contributed by atoms with Crippen LogP contribution < -0.4 is 10.2 Å². The molecule has 1 aliphatic heterocycles. The van der Waals surface area contributed by atoms with E-state index in [1.807, 2.05) is 6.92 Å². The molecule has 0 saturated heterocycles. The summed E-state index contributed by atoms with van der Waals surface area (Å²) in [5, 5.41) is 11.6. The molecule has 1 aromatic carbocycles. The highest BCUT2D eigenvalue weighted by Crippen LogP contribution is 2.28. The van der Waals surface area contributed by atoms with Gasteiger partial charge in [-0.05, 0) is 25.1 Å². The van der Waals surface area contributed by atoms with Crippen LogP contribution in [-0.2, 0) is 14.4 Å². The summed E-state index contributed by atoms with van der Waals surface area (Å²) in [6.45, 7) is 2.16. The first-order chi connectivity index (χ1) is 10.5. The zero-order chi connectivity index (χ0) is 16.1. The second-order valence-corrected chi connectivity index (χ2v) is 5.15. The van der Waals surface area contributed by atoms with Crippen molar-refractivity contribution in [1.82, 2.24) is 4.90 Å². The highest BCUT2D eigenvalue weighted by Gasteiger charge is 2.27. The van der Waals surface area contributed by atoms with E-state index in [-0.39, 0.29) is 43.9 Å². The van der Waals surface area contributed by atoms with Gasteiger partial charge in [-0.3, -0.25) is 24.2 Å². The lowest BCUT2D eigenvalue weighted by Crippen LogP contribution is -2.47. The second kappa shape index (κ2) is 8.50. The molecule has 2 N–H and O–H groups in total. The molecule has 2 rings (SSSR count). The molecule has 126 valence electrons. The van der Waals surface area contributed by atoms with Crippen molar-refractivity contribution >= 4 is 41.6 Å². The Balaban J connectivity index is 0.00000264. The number of nitrogens with one attached hydrogen (secondary N) is 1. The zero-order valence-corrected chi connectivity index (χ0v) is 13.6. The summed E-state index contributed by atoms with van der Waals surface area (Å²) in [5.74, 6) is -1.51. The maximum absolute atomic E-state index is 12.5. The van der Waals surface area contributed by atoms with E-state index in [0.29, 0.717) is 17.9 Å². The first kappa shape index (κ1) is 18.9. The zero-order valence-electron chi connectivity index (χ0n) is 12.8. The number of benzene rings is 1. The van der Waals surface area contributed by atoms with Crippen molar-refractivity contribution in [2.45, 2.75) is 13.3 Å². The van der Waals surface area contributed by atoms with Gasteiger partial charge in [0.1, 0.15) is 6.54 Å². The van der Waals surface area contributed by atoms with Crippen LogP contribution in [-0.4, -0.2) is 54.0 Å². The summed E-state index contributed by atoms with van der Waals surface area (Å²) in [6, 6.07) is 7.06. The Kier molecular flexibility index (Phi) is 6.99. The minimum absolute atomic E-state index is 0. The third-order valence-corrected chi connectivity index (χ3v) is 3.33. The predicted octanol–water partition coefficient (Wildman–Crippen LogP) is 1.19. The lowest BCUT2D eigenvalue weighted by Gasteiger charge is -2.31. The minimum Gasteiger partial charge on any atom is -0.480 e. The van der Waals surface area contributed by atoms with Crippen LogP contribution in [0.5, 0.6) is 0 Å². The van der Waals surface area contributed by atoms with Gasteiger partial charge in [-0.2, -0.15) is 0 Å². The number of anilines is 2. The van der Waals surface area contributed by atoms with Crippen LogP contribution in [0.15, 0.2) is 24.3 Å². The number of para-hydroxylation sites is 2. The van der Waals surface area contributed by atoms with Crippen molar-refractivity contribution in [3.05, 3.63) is 24.3 Å². The van der Waals surface area contributed by atoms with Crippen molar-refractivity contribution in [2.24, 2.45) is 0 Å². The molecule has 0 bridgehead atoms. The van der Waals surface area contributed by atoms with E-state index in [0.717, 1.165) is 6.42 Å². The van der Waals surface area contributed by atoms with Crippen LogP contribution in [0, 0.1) is 0 Å². The Morgan fingerprint density at radius 3 is 2.65 bits per heavy atom. The lowest BCUT2D eigenvalue weighted by molar-refractivity contribution is -0.138. The first-order valence-electron chi connectivity index (χ1n) is 7.14. The summed E-state index contributed by atoms with van der Waals surface area (Å²) in [5.41, 5.74) is 1.23. The van der Waals surface area contributed by atoms with Crippen molar-refractivity contribution in [3.8, 4) is 0 Å². The van der Waals surface area contributed by atoms with Gasteiger partial charge in [-0.25, -0.2) is 0 Å². The van der Waals surface area contributed by atoms with Crippen molar-refractivity contribution in [2.75, 3.05) is 36.4 Å². The molecule has 0 fully saturated rings. The van der Waals surface area contributed by atoms with Gasteiger partial charge < -0.3 is 10.4 Å². The molecule has 0 atom stereocenters. The average molecular weight is 342 g/mol. The quantitative estimate of drug-likeness (QED) is 0.811. The fourth-order valence-electron chi connectivity index (χ4n) is 2.45. The number of carbonyl (C=O) groups excluding carboxylic acids is 2. The number of rotatable bonds is 6. The normalized spacial score (nSPS) is 13.1. The Bertz CT molecular complexity index is 594. The van der Waals surface area contributed by atoms with Crippen molar-refractivity contribution in [1.29, 1.82) is 0 Å². The number of nitrogens with zero attached hydrogens (tertiary/aromatic N) is 2.